The number of amides is 1. The van der Waals surface area contributed by atoms with Gasteiger partial charge in [-0.3, -0.25) is 4.79 Å². The second kappa shape index (κ2) is 8.77. The van der Waals surface area contributed by atoms with Gasteiger partial charge in [0.15, 0.2) is 0 Å². The maximum atomic E-state index is 13.1. The number of benzene rings is 1. The molecule has 4 nitrogen and oxygen atoms in total. The fourth-order valence-electron chi connectivity index (χ4n) is 4.11. The fraction of sp³-hybridized carbons (Fsp3) is 0.650. The van der Waals surface area contributed by atoms with Crippen molar-refractivity contribution in [3.05, 3.63) is 35.6 Å². The third kappa shape index (κ3) is 5.02. The highest BCUT2D eigenvalue weighted by molar-refractivity contribution is 5.76. The monoisotopic (exact) mass is 347 g/mol. The van der Waals surface area contributed by atoms with Crippen molar-refractivity contribution >= 4 is 5.91 Å². The Morgan fingerprint density at radius 2 is 1.80 bits per heavy atom. The molecule has 1 aromatic rings. The molecule has 1 saturated carbocycles. The molecule has 5 heteroatoms. The van der Waals surface area contributed by atoms with E-state index in [0.29, 0.717) is 12.3 Å². The highest BCUT2D eigenvalue weighted by Crippen LogP contribution is 2.34. The summed E-state index contributed by atoms with van der Waals surface area (Å²) in [5.41, 5.74) is 1.14. The van der Waals surface area contributed by atoms with Crippen LogP contribution in [0.3, 0.4) is 0 Å². The Bertz CT molecular complexity index is 555. The molecular formula is C20H30FN3O. The minimum absolute atomic E-state index is 0.150. The van der Waals surface area contributed by atoms with Crippen LogP contribution in [0.2, 0.25) is 0 Å². The minimum atomic E-state index is -0.203. The molecule has 1 aromatic carbocycles. The standard InChI is InChI=1S/C20H30FN3O/c1-2-23-12-14-24(15-13-23)11-10-20(25)22-19-5-3-4-18(19)16-6-8-17(21)9-7-16/h6-9,18-19H,2-5,10-15H2,1H3,(H,22,25)/t18-,19-/m0/s1. The molecule has 0 unspecified atom stereocenters. The Hall–Kier alpha value is -1.46. The fourth-order valence-corrected chi connectivity index (χ4v) is 4.11. The maximum absolute atomic E-state index is 13.1. The van der Waals surface area contributed by atoms with Gasteiger partial charge in [-0.15, -0.1) is 0 Å². The van der Waals surface area contributed by atoms with E-state index in [4.69, 9.17) is 0 Å². The van der Waals surface area contributed by atoms with Gasteiger partial charge in [0, 0.05) is 51.1 Å². The topological polar surface area (TPSA) is 35.6 Å². The Kier molecular flexibility index (Phi) is 6.43. The summed E-state index contributed by atoms with van der Waals surface area (Å²) < 4.78 is 13.1. The van der Waals surface area contributed by atoms with Crippen molar-refractivity contribution in [3.8, 4) is 0 Å². The smallest absolute Gasteiger partial charge is 0.221 e. The second-order valence-corrected chi connectivity index (χ2v) is 7.29. The van der Waals surface area contributed by atoms with Gasteiger partial charge in [0.25, 0.3) is 0 Å². The predicted octanol–water partition coefficient (Wildman–Crippen LogP) is 2.61. The summed E-state index contributed by atoms with van der Waals surface area (Å²) >= 11 is 0. The van der Waals surface area contributed by atoms with E-state index in [0.717, 1.165) is 64.1 Å². The van der Waals surface area contributed by atoms with Gasteiger partial charge in [-0.2, -0.15) is 0 Å². The van der Waals surface area contributed by atoms with E-state index in [-0.39, 0.29) is 17.8 Å². The molecule has 0 radical (unpaired) electrons. The lowest BCUT2D eigenvalue weighted by Gasteiger charge is -2.34. The molecule has 1 amide bonds. The van der Waals surface area contributed by atoms with Gasteiger partial charge in [-0.25, -0.2) is 4.39 Å². The first-order valence-electron chi connectivity index (χ1n) is 9.65. The Morgan fingerprint density at radius 3 is 2.48 bits per heavy atom. The molecule has 1 aliphatic carbocycles. The van der Waals surface area contributed by atoms with E-state index in [1.54, 1.807) is 0 Å². The van der Waals surface area contributed by atoms with E-state index in [1.165, 1.54) is 12.1 Å². The number of carbonyl (C=O) groups excluding carboxylic acids is 1. The normalized spacial score (nSPS) is 25.2. The number of likely N-dealkylation sites (N-methyl/N-ethyl adjacent to an activating group) is 1. The molecular weight excluding hydrogens is 317 g/mol. The molecule has 0 aromatic heterocycles. The van der Waals surface area contributed by atoms with Crippen molar-refractivity contribution in [1.29, 1.82) is 0 Å². The summed E-state index contributed by atoms with van der Waals surface area (Å²) in [5.74, 6) is 0.264. The highest BCUT2D eigenvalue weighted by Gasteiger charge is 2.29. The van der Waals surface area contributed by atoms with Crippen LogP contribution in [0.4, 0.5) is 4.39 Å². The van der Waals surface area contributed by atoms with Gasteiger partial charge in [-0.05, 0) is 37.1 Å². The van der Waals surface area contributed by atoms with Crippen molar-refractivity contribution in [1.82, 2.24) is 15.1 Å². The maximum Gasteiger partial charge on any atom is 0.221 e. The van der Waals surface area contributed by atoms with Gasteiger partial charge >= 0.3 is 0 Å². The quantitative estimate of drug-likeness (QED) is 0.859. The molecule has 2 aliphatic rings. The highest BCUT2D eigenvalue weighted by atomic mass is 19.1. The number of rotatable bonds is 6. The molecule has 2 atom stereocenters. The van der Waals surface area contributed by atoms with E-state index in [2.05, 4.69) is 22.0 Å². The van der Waals surface area contributed by atoms with Crippen LogP contribution in [0, 0.1) is 5.82 Å². The molecule has 3 rings (SSSR count). The number of hydrogen-bond donors (Lipinski definition) is 1. The molecule has 25 heavy (non-hydrogen) atoms. The average molecular weight is 347 g/mol. The second-order valence-electron chi connectivity index (χ2n) is 7.29. The predicted molar refractivity (Wildman–Crippen MR) is 98.1 cm³/mol. The SMILES string of the molecule is CCN1CCN(CCC(=O)N[C@H]2CCC[C@H]2c2ccc(F)cc2)CC1. The average Bonchev–Trinajstić information content (AvgIpc) is 3.09. The van der Waals surface area contributed by atoms with Crippen LogP contribution >= 0.6 is 0 Å². The van der Waals surface area contributed by atoms with E-state index in [1.807, 2.05) is 12.1 Å². The number of nitrogens with zero attached hydrogens (tertiary/aromatic N) is 2. The summed E-state index contributed by atoms with van der Waals surface area (Å²) in [5, 5.41) is 3.23. The summed E-state index contributed by atoms with van der Waals surface area (Å²) in [6, 6.07) is 6.94. The Balaban J connectivity index is 1.45. The third-order valence-corrected chi connectivity index (χ3v) is 5.73. The van der Waals surface area contributed by atoms with Gasteiger partial charge in [-0.1, -0.05) is 25.5 Å². The first-order chi connectivity index (χ1) is 12.2. The van der Waals surface area contributed by atoms with Crippen LogP contribution < -0.4 is 5.32 Å². The minimum Gasteiger partial charge on any atom is -0.353 e. The van der Waals surface area contributed by atoms with E-state index in [9.17, 15) is 9.18 Å². The summed E-state index contributed by atoms with van der Waals surface area (Å²) in [6.07, 6.45) is 3.77. The van der Waals surface area contributed by atoms with Crippen molar-refractivity contribution < 1.29 is 9.18 Å². The van der Waals surface area contributed by atoms with Crippen LogP contribution in [0.25, 0.3) is 0 Å². The molecule has 138 valence electrons. The van der Waals surface area contributed by atoms with Crippen molar-refractivity contribution in [2.45, 2.75) is 44.6 Å². The molecule has 1 heterocycles. The van der Waals surface area contributed by atoms with Crippen molar-refractivity contribution in [2.75, 3.05) is 39.3 Å². The molecule has 0 spiro atoms. The Labute approximate surface area is 150 Å². The van der Waals surface area contributed by atoms with Crippen LogP contribution in [-0.4, -0.2) is 61.0 Å². The summed E-state index contributed by atoms with van der Waals surface area (Å²) in [6.45, 7) is 8.48. The number of halogens is 1. The Morgan fingerprint density at radius 1 is 1.12 bits per heavy atom. The van der Waals surface area contributed by atoms with Crippen molar-refractivity contribution in [3.63, 3.8) is 0 Å². The van der Waals surface area contributed by atoms with Gasteiger partial charge in [0.05, 0.1) is 0 Å². The first kappa shape index (κ1) is 18.3. The van der Waals surface area contributed by atoms with Gasteiger partial charge in [0.2, 0.25) is 5.91 Å². The zero-order valence-corrected chi connectivity index (χ0v) is 15.2. The largest absolute Gasteiger partial charge is 0.353 e. The van der Waals surface area contributed by atoms with Crippen LogP contribution in [0.1, 0.15) is 44.1 Å². The van der Waals surface area contributed by atoms with Gasteiger partial charge < -0.3 is 15.1 Å². The first-order valence-corrected chi connectivity index (χ1v) is 9.65. The van der Waals surface area contributed by atoms with Crippen LogP contribution in [0.5, 0.6) is 0 Å². The van der Waals surface area contributed by atoms with Crippen LogP contribution in [-0.2, 0) is 4.79 Å². The summed E-state index contributed by atoms with van der Waals surface area (Å²) in [7, 11) is 0. The number of carbonyl (C=O) groups is 1. The lowest BCUT2D eigenvalue weighted by atomic mass is 9.94. The van der Waals surface area contributed by atoms with E-state index < -0.39 is 0 Å². The summed E-state index contributed by atoms with van der Waals surface area (Å²) in [4.78, 5) is 17.2. The molecule has 2 fully saturated rings. The molecule has 1 saturated heterocycles. The van der Waals surface area contributed by atoms with E-state index >= 15 is 0 Å². The molecule has 1 N–H and O–H groups in total. The number of nitrogens with one attached hydrogen (secondary N) is 1. The zero-order valence-electron chi connectivity index (χ0n) is 15.2. The zero-order chi connectivity index (χ0) is 17.6. The van der Waals surface area contributed by atoms with Crippen molar-refractivity contribution in [2.24, 2.45) is 0 Å². The third-order valence-electron chi connectivity index (χ3n) is 5.73. The lowest BCUT2D eigenvalue weighted by Crippen LogP contribution is -2.47. The lowest BCUT2D eigenvalue weighted by molar-refractivity contribution is -0.122. The number of piperazine rings is 1. The number of hydrogen-bond acceptors (Lipinski definition) is 3. The molecule has 0 bridgehead atoms. The van der Waals surface area contributed by atoms with Crippen LogP contribution in [0.15, 0.2) is 24.3 Å². The van der Waals surface area contributed by atoms with Gasteiger partial charge in [0.1, 0.15) is 5.82 Å². The molecule has 1 aliphatic heterocycles.